The average Bonchev–Trinajstić information content (AvgIpc) is 2.41. The van der Waals surface area contributed by atoms with Crippen molar-refractivity contribution in [1.29, 1.82) is 0 Å². The first-order valence-electron chi connectivity index (χ1n) is 7.13. The Bertz CT molecular complexity index is 614. The van der Waals surface area contributed by atoms with Crippen LogP contribution in [0.4, 0.5) is 10.1 Å². The molecule has 0 heterocycles. The second-order valence-corrected chi connectivity index (χ2v) is 6.40. The van der Waals surface area contributed by atoms with Crippen LogP contribution >= 0.6 is 0 Å². The maximum absolute atomic E-state index is 13.3. The molecule has 0 aliphatic rings. The van der Waals surface area contributed by atoms with Crippen molar-refractivity contribution in [2.45, 2.75) is 39.2 Å². The number of phenols is 1. The maximum Gasteiger partial charge on any atom is 0.123 e. The van der Waals surface area contributed by atoms with Crippen LogP contribution in [0.1, 0.15) is 44.9 Å². The van der Waals surface area contributed by atoms with Gasteiger partial charge in [-0.1, -0.05) is 32.9 Å². The van der Waals surface area contributed by atoms with Crippen LogP contribution in [-0.2, 0) is 5.41 Å². The lowest BCUT2D eigenvalue weighted by molar-refractivity contribution is 0.462. The fraction of sp³-hybridized carbons (Fsp3) is 0.333. The molecule has 2 N–H and O–H groups in total. The summed E-state index contributed by atoms with van der Waals surface area (Å²) in [4.78, 5) is 0. The molecule has 0 bridgehead atoms. The summed E-state index contributed by atoms with van der Waals surface area (Å²) in [5.41, 5.74) is 2.87. The van der Waals surface area contributed by atoms with E-state index in [2.05, 4.69) is 38.2 Å². The fourth-order valence-corrected chi connectivity index (χ4v) is 2.27. The lowest BCUT2D eigenvalue weighted by Crippen LogP contribution is -2.11. The molecule has 0 saturated heterocycles. The molecule has 2 nitrogen and oxygen atoms in total. The topological polar surface area (TPSA) is 32.3 Å². The molecule has 2 aromatic rings. The van der Waals surface area contributed by atoms with Gasteiger partial charge in [0.1, 0.15) is 11.6 Å². The van der Waals surface area contributed by atoms with E-state index in [0.717, 1.165) is 5.69 Å². The van der Waals surface area contributed by atoms with Crippen LogP contribution in [0.2, 0.25) is 0 Å². The third kappa shape index (κ3) is 3.75. The number of hydrogen-bond donors (Lipinski definition) is 2. The van der Waals surface area contributed by atoms with Crippen molar-refractivity contribution in [3.05, 3.63) is 59.4 Å². The molecule has 0 aromatic heterocycles. The van der Waals surface area contributed by atoms with Gasteiger partial charge >= 0.3 is 0 Å². The van der Waals surface area contributed by atoms with Gasteiger partial charge in [0.15, 0.2) is 0 Å². The molecule has 3 heteroatoms. The molecule has 1 atom stereocenters. The van der Waals surface area contributed by atoms with Crippen molar-refractivity contribution in [2.24, 2.45) is 0 Å². The first-order valence-corrected chi connectivity index (χ1v) is 7.13. The summed E-state index contributed by atoms with van der Waals surface area (Å²) in [6.07, 6.45) is 0. The minimum atomic E-state index is -0.348. The molecule has 0 radical (unpaired) electrons. The average molecular weight is 287 g/mol. The van der Waals surface area contributed by atoms with E-state index in [1.54, 1.807) is 0 Å². The van der Waals surface area contributed by atoms with Gasteiger partial charge in [0.05, 0.1) is 6.04 Å². The van der Waals surface area contributed by atoms with Gasteiger partial charge in [-0.15, -0.1) is 0 Å². The number of phenolic OH excluding ortho intramolecular Hbond substituents is 1. The quantitative estimate of drug-likeness (QED) is 0.832. The van der Waals surface area contributed by atoms with Gasteiger partial charge in [-0.2, -0.15) is 0 Å². The van der Waals surface area contributed by atoms with Crippen molar-refractivity contribution in [1.82, 2.24) is 0 Å². The van der Waals surface area contributed by atoms with Crippen molar-refractivity contribution < 1.29 is 9.50 Å². The summed E-state index contributed by atoms with van der Waals surface area (Å²) in [7, 11) is 0. The molecule has 112 valence electrons. The maximum atomic E-state index is 13.3. The third-order valence-electron chi connectivity index (χ3n) is 3.59. The molecule has 2 rings (SSSR count). The minimum Gasteiger partial charge on any atom is -0.508 e. The Morgan fingerprint density at radius 2 is 1.67 bits per heavy atom. The Balaban J connectivity index is 2.16. The van der Waals surface area contributed by atoms with E-state index in [-0.39, 0.29) is 23.0 Å². The summed E-state index contributed by atoms with van der Waals surface area (Å²) < 4.78 is 13.3. The van der Waals surface area contributed by atoms with E-state index in [4.69, 9.17) is 0 Å². The Morgan fingerprint density at radius 1 is 1.05 bits per heavy atom. The number of hydrogen-bond acceptors (Lipinski definition) is 2. The highest BCUT2D eigenvalue weighted by Crippen LogP contribution is 2.29. The number of halogens is 1. The van der Waals surface area contributed by atoms with Gasteiger partial charge < -0.3 is 10.4 Å². The number of anilines is 1. The van der Waals surface area contributed by atoms with Crippen molar-refractivity contribution >= 4 is 5.69 Å². The molecular formula is C18H22FNO. The molecule has 0 spiro atoms. The van der Waals surface area contributed by atoms with Crippen LogP contribution in [0.5, 0.6) is 5.75 Å². The highest BCUT2D eigenvalue weighted by Gasteiger charge is 2.14. The lowest BCUT2D eigenvalue weighted by atomic mass is 9.87. The molecule has 2 aromatic carbocycles. The smallest absolute Gasteiger partial charge is 0.123 e. The summed E-state index contributed by atoms with van der Waals surface area (Å²) in [6.45, 7) is 8.40. The molecule has 0 fully saturated rings. The van der Waals surface area contributed by atoms with Crippen LogP contribution in [0.3, 0.4) is 0 Å². The van der Waals surface area contributed by atoms with E-state index in [0.29, 0.717) is 5.56 Å². The van der Waals surface area contributed by atoms with Crippen LogP contribution in [0, 0.1) is 5.82 Å². The Kier molecular flexibility index (Phi) is 4.21. The highest BCUT2D eigenvalue weighted by atomic mass is 19.1. The Labute approximate surface area is 125 Å². The van der Waals surface area contributed by atoms with E-state index in [9.17, 15) is 9.50 Å². The molecule has 0 saturated carbocycles. The van der Waals surface area contributed by atoms with Gasteiger partial charge in [-0.3, -0.25) is 0 Å². The minimum absolute atomic E-state index is 0.0997. The van der Waals surface area contributed by atoms with Crippen LogP contribution in [-0.4, -0.2) is 5.11 Å². The van der Waals surface area contributed by atoms with Gasteiger partial charge in [0, 0.05) is 11.3 Å². The monoisotopic (exact) mass is 287 g/mol. The molecular weight excluding hydrogens is 265 g/mol. The molecule has 21 heavy (non-hydrogen) atoms. The normalized spacial score (nSPS) is 13.0. The standard InChI is InChI=1S/C18H22FNO/c1-12(16-11-14(19)7-10-17(16)21)20-15-8-5-13(6-9-15)18(2,3)4/h5-12,20-21H,1-4H3. The molecule has 0 aliphatic heterocycles. The number of nitrogens with one attached hydrogen (secondary N) is 1. The largest absolute Gasteiger partial charge is 0.508 e. The van der Waals surface area contributed by atoms with Crippen molar-refractivity contribution in [2.75, 3.05) is 5.32 Å². The SMILES string of the molecule is CC(Nc1ccc(C(C)(C)C)cc1)c1cc(F)ccc1O. The Hall–Kier alpha value is -2.03. The zero-order chi connectivity index (χ0) is 15.6. The highest BCUT2D eigenvalue weighted by molar-refractivity contribution is 5.49. The number of benzene rings is 2. The van der Waals surface area contributed by atoms with E-state index >= 15 is 0 Å². The van der Waals surface area contributed by atoms with Crippen molar-refractivity contribution in [3.8, 4) is 5.75 Å². The van der Waals surface area contributed by atoms with E-state index in [1.807, 2.05) is 19.1 Å². The van der Waals surface area contributed by atoms with Gasteiger partial charge in [0.25, 0.3) is 0 Å². The van der Waals surface area contributed by atoms with E-state index in [1.165, 1.54) is 23.8 Å². The van der Waals surface area contributed by atoms with Gasteiger partial charge in [-0.25, -0.2) is 4.39 Å². The Morgan fingerprint density at radius 3 is 2.24 bits per heavy atom. The lowest BCUT2D eigenvalue weighted by Gasteiger charge is -2.21. The first kappa shape index (κ1) is 15.4. The predicted octanol–water partition coefficient (Wildman–Crippen LogP) is 5.00. The summed E-state index contributed by atoms with van der Waals surface area (Å²) in [6, 6.07) is 12.0. The fourth-order valence-electron chi connectivity index (χ4n) is 2.27. The van der Waals surface area contributed by atoms with E-state index < -0.39 is 0 Å². The molecule has 0 aliphatic carbocycles. The number of aromatic hydroxyl groups is 1. The predicted molar refractivity (Wildman–Crippen MR) is 85.2 cm³/mol. The van der Waals surface area contributed by atoms with Gasteiger partial charge in [-0.05, 0) is 48.2 Å². The van der Waals surface area contributed by atoms with Gasteiger partial charge in [0.2, 0.25) is 0 Å². The van der Waals surface area contributed by atoms with Crippen LogP contribution < -0.4 is 5.32 Å². The van der Waals surface area contributed by atoms with Crippen LogP contribution in [0.15, 0.2) is 42.5 Å². The molecule has 0 amide bonds. The second-order valence-electron chi connectivity index (χ2n) is 6.40. The first-order chi connectivity index (χ1) is 9.77. The third-order valence-corrected chi connectivity index (χ3v) is 3.59. The second kappa shape index (κ2) is 5.76. The zero-order valence-electron chi connectivity index (χ0n) is 12.9. The zero-order valence-corrected chi connectivity index (χ0v) is 12.9. The summed E-state index contributed by atoms with van der Waals surface area (Å²) in [5, 5.41) is 13.1. The summed E-state index contributed by atoms with van der Waals surface area (Å²) in [5.74, 6) is -0.248. The van der Waals surface area contributed by atoms with Crippen molar-refractivity contribution in [3.63, 3.8) is 0 Å². The number of rotatable bonds is 3. The van der Waals surface area contributed by atoms with Crippen LogP contribution in [0.25, 0.3) is 0 Å². The summed E-state index contributed by atoms with van der Waals surface area (Å²) >= 11 is 0. The molecule has 1 unspecified atom stereocenters.